The molecule has 0 fully saturated rings. The predicted octanol–water partition coefficient (Wildman–Crippen LogP) is 3.98. The molecule has 0 radical (unpaired) electrons. The van der Waals surface area contributed by atoms with Crippen molar-refractivity contribution in [3.05, 3.63) is 45.8 Å². The molecule has 2 heterocycles. The van der Waals surface area contributed by atoms with E-state index in [-0.39, 0.29) is 0 Å². The molecule has 0 N–H and O–H groups in total. The second-order valence-electron chi connectivity index (χ2n) is 4.19. The fourth-order valence-corrected chi connectivity index (χ4v) is 2.83. The van der Waals surface area contributed by atoms with Crippen LogP contribution in [-0.4, -0.2) is 16.5 Å². The summed E-state index contributed by atoms with van der Waals surface area (Å²) in [6.07, 6.45) is 3.73. The van der Waals surface area contributed by atoms with Gasteiger partial charge in [-0.1, -0.05) is 29.8 Å². The lowest BCUT2D eigenvalue weighted by atomic mass is 10.0. The van der Waals surface area contributed by atoms with Crippen molar-refractivity contribution >= 4 is 39.0 Å². The van der Waals surface area contributed by atoms with Crippen molar-refractivity contribution in [2.45, 2.75) is 12.8 Å². The molecular weight excluding hydrogens is 314 g/mol. The van der Waals surface area contributed by atoms with E-state index < -0.39 is 0 Å². The molecule has 1 aliphatic rings. The van der Waals surface area contributed by atoms with Crippen LogP contribution in [0.4, 0.5) is 11.5 Å². The zero-order chi connectivity index (χ0) is 12.5. The van der Waals surface area contributed by atoms with Gasteiger partial charge in [-0.05, 0) is 40.4 Å². The van der Waals surface area contributed by atoms with Crippen LogP contribution in [0.15, 0.2) is 35.1 Å². The molecule has 0 spiro atoms. The highest BCUT2D eigenvalue weighted by atomic mass is 79.9. The lowest BCUT2D eigenvalue weighted by Crippen LogP contribution is -2.25. The van der Waals surface area contributed by atoms with E-state index >= 15 is 0 Å². The Bertz CT molecular complexity index is 588. The second kappa shape index (κ2) is 4.86. The highest BCUT2D eigenvalue weighted by Crippen LogP contribution is 2.37. The summed E-state index contributed by atoms with van der Waals surface area (Å²) in [6, 6.07) is 8.41. The van der Waals surface area contributed by atoms with E-state index in [2.05, 4.69) is 49.0 Å². The Labute approximate surface area is 119 Å². The molecule has 1 aliphatic heterocycles. The van der Waals surface area contributed by atoms with Crippen molar-refractivity contribution in [3.63, 3.8) is 0 Å². The summed E-state index contributed by atoms with van der Waals surface area (Å²) in [4.78, 5) is 10.5. The number of hydrogen-bond donors (Lipinski definition) is 0. The molecule has 0 unspecified atom stereocenters. The van der Waals surface area contributed by atoms with Gasteiger partial charge in [0.25, 0.3) is 0 Å². The van der Waals surface area contributed by atoms with Gasteiger partial charge in [-0.25, -0.2) is 9.97 Å². The number of hydrogen-bond acceptors (Lipinski definition) is 3. The van der Waals surface area contributed by atoms with Gasteiger partial charge in [0.2, 0.25) is 0 Å². The Kier molecular flexibility index (Phi) is 3.22. The third kappa shape index (κ3) is 1.99. The van der Waals surface area contributed by atoms with E-state index in [9.17, 15) is 0 Å². The first kappa shape index (κ1) is 11.9. The van der Waals surface area contributed by atoms with E-state index in [0.29, 0.717) is 5.15 Å². The average Bonchev–Trinajstić information content (AvgIpc) is 2.41. The molecule has 5 heteroatoms. The molecule has 1 aromatic heterocycles. The molecule has 0 aliphatic carbocycles. The molecule has 92 valence electrons. The molecule has 3 rings (SSSR count). The number of anilines is 2. The fourth-order valence-electron chi connectivity index (χ4n) is 2.28. The van der Waals surface area contributed by atoms with Gasteiger partial charge < -0.3 is 4.90 Å². The van der Waals surface area contributed by atoms with E-state index in [1.807, 2.05) is 6.07 Å². The van der Waals surface area contributed by atoms with E-state index in [0.717, 1.165) is 29.7 Å². The number of fused-ring (bicyclic) bond motifs is 1. The molecule has 2 aromatic rings. The Hall–Kier alpha value is -1.13. The Morgan fingerprint density at radius 3 is 2.94 bits per heavy atom. The van der Waals surface area contributed by atoms with Gasteiger partial charge >= 0.3 is 0 Å². The standard InChI is InChI=1S/C13H11BrClN3/c14-11-12(15)16-8-17-13(11)18-7-3-5-9-4-1-2-6-10(9)18/h1-2,4,6,8H,3,5,7H2. The van der Waals surface area contributed by atoms with Crippen molar-refractivity contribution in [2.24, 2.45) is 0 Å². The monoisotopic (exact) mass is 323 g/mol. The first-order chi connectivity index (χ1) is 8.77. The summed E-state index contributed by atoms with van der Waals surface area (Å²) >= 11 is 9.50. The lowest BCUT2D eigenvalue weighted by Gasteiger charge is -2.30. The van der Waals surface area contributed by atoms with Crippen molar-refractivity contribution in [1.29, 1.82) is 0 Å². The van der Waals surface area contributed by atoms with E-state index in [1.54, 1.807) is 0 Å². The zero-order valence-electron chi connectivity index (χ0n) is 9.61. The van der Waals surface area contributed by atoms with Crippen molar-refractivity contribution in [3.8, 4) is 0 Å². The summed E-state index contributed by atoms with van der Waals surface area (Å²) in [5.74, 6) is 0.835. The maximum Gasteiger partial charge on any atom is 0.152 e. The minimum absolute atomic E-state index is 0.447. The van der Waals surface area contributed by atoms with Crippen LogP contribution in [-0.2, 0) is 6.42 Å². The highest BCUT2D eigenvalue weighted by Gasteiger charge is 2.21. The smallest absolute Gasteiger partial charge is 0.152 e. The molecule has 0 amide bonds. The average molecular weight is 325 g/mol. The molecule has 0 saturated heterocycles. The van der Waals surface area contributed by atoms with Crippen molar-refractivity contribution in [2.75, 3.05) is 11.4 Å². The van der Waals surface area contributed by atoms with Gasteiger partial charge in [0.1, 0.15) is 11.5 Å². The van der Waals surface area contributed by atoms with Gasteiger partial charge in [-0.15, -0.1) is 0 Å². The number of para-hydroxylation sites is 1. The van der Waals surface area contributed by atoms with Crippen LogP contribution in [0.2, 0.25) is 5.15 Å². The number of benzene rings is 1. The summed E-state index contributed by atoms with van der Waals surface area (Å²) < 4.78 is 0.753. The topological polar surface area (TPSA) is 29.0 Å². The molecular formula is C13H11BrClN3. The number of halogens is 2. The van der Waals surface area contributed by atoms with Crippen LogP contribution in [0, 0.1) is 0 Å². The van der Waals surface area contributed by atoms with E-state index in [4.69, 9.17) is 11.6 Å². The van der Waals surface area contributed by atoms with Crippen LogP contribution < -0.4 is 4.90 Å². The molecule has 0 atom stereocenters. The van der Waals surface area contributed by atoms with Crippen LogP contribution in [0.25, 0.3) is 0 Å². The number of aryl methyl sites for hydroxylation is 1. The number of aromatic nitrogens is 2. The summed E-state index contributed by atoms with van der Waals surface area (Å²) in [5, 5.41) is 0.447. The Balaban J connectivity index is 2.11. The normalized spacial score (nSPS) is 14.4. The van der Waals surface area contributed by atoms with Crippen LogP contribution in [0.3, 0.4) is 0 Å². The molecule has 0 bridgehead atoms. The number of nitrogens with zero attached hydrogens (tertiary/aromatic N) is 3. The van der Waals surface area contributed by atoms with Crippen molar-refractivity contribution < 1.29 is 0 Å². The summed E-state index contributed by atoms with van der Waals surface area (Å²) in [6.45, 7) is 0.947. The van der Waals surface area contributed by atoms with Crippen LogP contribution >= 0.6 is 27.5 Å². The zero-order valence-corrected chi connectivity index (χ0v) is 11.9. The first-order valence-corrected chi connectivity index (χ1v) is 6.96. The van der Waals surface area contributed by atoms with Gasteiger partial charge in [-0.3, -0.25) is 0 Å². The third-order valence-corrected chi connectivity index (χ3v) is 4.34. The summed E-state index contributed by atoms with van der Waals surface area (Å²) in [5.41, 5.74) is 2.56. The maximum atomic E-state index is 6.04. The largest absolute Gasteiger partial charge is 0.325 e. The van der Waals surface area contributed by atoms with Crippen LogP contribution in [0.5, 0.6) is 0 Å². The molecule has 1 aromatic carbocycles. The highest BCUT2D eigenvalue weighted by molar-refractivity contribution is 9.10. The quantitative estimate of drug-likeness (QED) is 0.743. The minimum atomic E-state index is 0.447. The Morgan fingerprint density at radius 2 is 2.06 bits per heavy atom. The number of rotatable bonds is 1. The second-order valence-corrected chi connectivity index (χ2v) is 5.34. The molecule has 3 nitrogen and oxygen atoms in total. The first-order valence-electron chi connectivity index (χ1n) is 5.79. The van der Waals surface area contributed by atoms with Gasteiger partial charge in [0.15, 0.2) is 5.82 Å². The minimum Gasteiger partial charge on any atom is -0.325 e. The fraction of sp³-hybridized carbons (Fsp3) is 0.231. The molecule has 0 saturated carbocycles. The van der Waals surface area contributed by atoms with Gasteiger partial charge in [0, 0.05) is 12.2 Å². The van der Waals surface area contributed by atoms with Gasteiger partial charge in [0.05, 0.1) is 4.47 Å². The van der Waals surface area contributed by atoms with Crippen molar-refractivity contribution in [1.82, 2.24) is 9.97 Å². The predicted molar refractivity (Wildman–Crippen MR) is 76.5 cm³/mol. The summed E-state index contributed by atoms with van der Waals surface area (Å²) in [7, 11) is 0. The maximum absolute atomic E-state index is 6.04. The lowest BCUT2D eigenvalue weighted by molar-refractivity contribution is 0.757. The SMILES string of the molecule is Clc1ncnc(N2CCCc3ccccc32)c1Br. The third-order valence-electron chi connectivity index (χ3n) is 3.09. The Morgan fingerprint density at radius 1 is 1.22 bits per heavy atom. The molecule has 18 heavy (non-hydrogen) atoms. The van der Waals surface area contributed by atoms with Crippen LogP contribution in [0.1, 0.15) is 12.0 Å². The van der Waals surface area contributed by atoms with Gasteiger partial charge in [-0.2, -0.15) is 0 Å². The van der Waals surface area contributed by atoms with E-state index in [1.165, 1.54) is 17.6 Å².